The topological polar surface area (TPSA) is 83.7 Å². The van der Waals surface area contributed by atoms with Gasteiger partial charge in [0.2, 0.25) is 0 Å². The van der Waals surface area contributed by atoms with Crippen molar-refractivity contribution >= 4 is 46.4 Å². The molecule has 0 radical (unpaired) electrons. The number of rotatable bonds is 4. The molecule has 0 atom stereocenters. The lowest BCUT2D eigenvalue weighted by molar-refractivity contribution is 0.0953. The van der Waals surface area contributed by atoms with Gasteiger partial charge in [-0.3, -0.25) is 9.59 Å². The van der Waals surface area contributed by atoms with Crippen molar-refractivity contribution in [1.82, 2.24) is 5.43 Å². The fourth-order valence-corrected chi connectivity index (χ4v) is 3.85. The van der Waals surface area contributed by atoms with E-state index in [1.54, 1.807) is 48.5 Å². The van der Waals surface area contributed by atoms with Crippen molar-refractivity contribution in [3.8, 4) is 0 Å². The fraction of sp³-hybridized carbons (Fsp3) is 0.174. The highest BCUT2D eigenvalue weighted by atomic mass is 35.5. The van der Waals surface area contributed by atoms with Crippen LogP contribution in [0.1, 0.15) is 50.6 Å². The van der Waals surface area contributed by atoms with E-state index in [0.29, 0.717) is 51.2 Å². The number of benzene rings is 2. The number of nitrogens with zero attached hydrogens (tertiary/aromatic N) is 1. The highest BCUT2D eigenvalue weighted by Crippen LogP contribution is 2.30. The van der Waals surface area contributed by atoms with Crippen molar-refractivity contribution in [2.24, 2.45) is 5.10 Å². The number of carbonyl (C=O) groups is 2. The van der Waals surface area contributed by atoms with Crippen LogP contribution >= 0.6 is 23.2 Å². The Hall–Kier alpha value is -3.09. The Bertz CT molecular complexity index is 1180. The molecule has 0 spiro atoms. The summed E-state index contributed by atoms with van der Waals surface area (Å²) >= 11 is 11.8. The zero-order valence-corrected chi connectivity index (χ0v) is 18.2. The fourth-order valence-electron chi connectivity index (χ4n) is 3.53. The largest absolute Gasteiger partial charge is 0.455 e. The number of furan rings is 1. The Balaban J connectivity index is 1.56. The SMILES string of the molecule is Cc1c(C(=O)Nc2ccc(Cl)cc2)oc2c1/C(=N/NC(=O)c1cccc(Cl)c1)CCC2. The van der Waals surface area contributed by atoms with Crippen LogP contribution in [-0.4, -0.2) is 17.5 Å². The average Bonchev–Trinajstić information content (AvgIpc) is 3.11. The second-order valence-electron chi connectivity index (χ2n) is 7.18. The molecule has 4 rings (SSSR count). The molecule has 158 valence electrons. The summed E-state index contributed by atoms with van der Waals surface area (Å²) in [5.41, 5.74) is 5.77. The molecule has 1 aromatic heterocycles. The van der Waals surface area contributed by atoms with Crippen molar-refractivity contribution in [1.29, 1.82) is 0 Å². The van der Waals surface area contributed by atoms with E-state index in [-0.39, 0.29) is 17.6 Å². The molecule has 0 saturated heterocycles. The molecule has 0 fully saturated rings. The molecule has 2 N–H and O–H groups in total. The number of fused-ring (bicyclic) bond motifs is 1. The number of hydrogen-bond acceptors (Lipinski definition) is 4. The van der Waals surface area contributed by atoms with E-state index in [1.807, 2.05) is 6.92 Å². The van der Waals surface area contributed by atoms with Crippen LogP contribution in [0.2, 0.25) is 10.0 Å². The molecule has 2 amide bonds. The van der Waals surface area contributed by atoms with Gasteiger partial charge in [0.15, 0.2) is 5.76 Å². The first-order chi connectivity index (χ1) is 14.9. The number of hydrazone groups is 1. The van der Waals surface area contributed by atoms with Gasteiger partial charge in [0.05, 0.1) is 5.71 Å². The van der Waals surface area contributed by atoms with Crippen LogP contribution in [0, 0.1) is 6.92 Å². The van der Waals surface area contributed by atoms with Crippen molar-refractivity contribution in [2.45, 2.75) is 26.2 Å². The molecule has 2 aromatic carbocycles. The molecule has 1 aliphatic rings. The lowest BCUT2D eigenvalue weighted by Gasteiger charge is -2.13. The Kier molecular flexibility index (Phi) is 6.11. The Morgan fingerprint density at radius 3 is 2.52 bits per heavy atom. The van der Waals surface area contributed by atoms with Crippen molar-refractivity contribution in [3.63, 3.8) is 0 Å². The van der Waals surface area contributed by atoms with E-state index in [0.717, 1.165) is 12.0 Å². The Labute approximate surface area is 189 Å². The van der Waals surface area contributed by atoms with Crippen LogP contribution in [0.3, 0.4) is 0 Å². The van der Waals surface area contributed by atoms with Gasteiger partial charge < -0.3 is 9.73 Å². The number of hydrogen-bond donors (Lipinski definition) is 2. The first-order valence-electron chi connectivity index (χ1n) is 9.74. The molecule has 6 nitrogen and oxygen atoms in total. The van der Waals surface area contributed by atoms with Crippen LogP contribution in [0.4, 0.5) is 5.69 Å². The van der Waals surface area contributed by atoms with Gasteiger partial charge in [-0.05, 0) is 62.2 Å². The van der Waals surface area contributed by atoms with E-state index in [4.69, 9.17) is 27.6 Å². The van der Waals surface area contributed by atoms with Gasteiger partial charge in [0.1, 0.15) is 5.76 Å². The van der Waals surface area contributed by atoms with Crippen LogP contribution in [-0.2, 0) is 6.42 Å². The molecule has 31 heavy (non-hydrogen) atoms. The highest BCUT2D eigenvalue weighted by Gasteiger charge is 2.28. The van der Waals surface area contributed by atoms with Gasteiger partial charge in [-0.15, -0.1) is 0 Å². The maximum absolute atomic E-state index is 12.8. The number of carbonyl (C=O) groups excluding carboxylic acids is 2. The minimum Gasteiger partial charge on any atom is -0.455 e. The average molecular weight is 456 g/mol. The molecule has 0 bridgehead atoms. The van der Waals surface area contributed by atoms with Crippen molar-refractivity contribution < 1.29 is 14.0 Å². The predicted molar refractivity (Wildman–Crippen MR) is 121 cm³/mol. The van der Waals surface area contributed by atoms with Crippen molar-refractivity contribution in [2.75, 3.05) is 5.32 Å². The number of nitrogens with one attached hydrogen (secondary N) is 2. The van der Waals surface area contributed by atoms with Crippen molar-refractivity contribution in [3.05, 3.63) is 86.8 Å². The summed E-state index contributed by atoms with van der Waals surface area (Å²) in [6.07, 6.45) is 2.18. The molecule has 1 heterocycles. The normalized spacial score (nSPS) is 14.2. The van der Waals surface area contributed by atoms with Crippen LogP contribution in [0.5, 0.6) is 0 Å². The molecule has 8 heteroatoms. The van der Waals surface area contributed by atoms with Gasteiger partial charge in [-0.1, -0.05) is 29.3 Å². The Morgan fingerprint density at radius 1 is 1.00 bits per heavy atom. The van der Waals surface area contributed by atoms with Gasteiger partial charge in [0, 0.05) is 38.8 Å². The summed E-state index contributed by atoms with van der Waals surface area (Å²) in [7, 11) is 0. The molecular formula is C23H19Cl2N3O3. The summed E-state index contributed by atoms with van der Waals surface area (Å²) in [6, 6.07) is 13.5. The molecule has 0 aliphatic heterocycles. The number of halogens is 2. The Morgan fingerprint density at radius 2 is 1.77 bits per heavy atom. The number of aryl methyl sites for hydroxylation is 1. The zero-order chi connectivity index (χ0) is 22.0. The van der Waals surface area contributed by atoms with Gasteiger partial charge in [-0.25, -0.2) is 5.43 Å². The number of anilines is 1. The maximum Gasteiger partial charge on any atom is 0.291 e. The van der Waals surface area contributed by atoms with E-state index >= 15 is 0 Å². The van der Waals surface area contributed by atoms with Gasteiger partial charge in [0.25, 0.3) is 11.8 Å². The van der Waals surface area contributed by atoms with Gasteiger partial charge >= 0.3 is 0 Å². The van der Waals surface area contributed by atoms with E-state index in [9.17, 15) is 9.59 Å². The molecular weight excluding hydrogens is 437 g/mol. The highest BCUT2D eigenvalue weighted by molar-refractivity contribution is 6.31. The third kappa shape index (κ3) is 4.65. The second-order valence-corrected chi connectivity index (χ2v) is 8.05. The second kappa shape index (κ2) is 8.96. The van der Waals surface area contributed by atoms with Gasteiger partial charge in [-0.2, -0.15) is 5.10 Å². The first kappa shape index (κ1) is 21.2. The quantitative estimate of drug-likeness (QED) is 0.500. The number of amides is 2. The predicted octanol–water partition coefficient (Wildman–Crippen LogP) is 5.62. The standard InChI is InChI=1S/C23H19Cl2N3O3/c1-13-20-18(27-28-22(29)14-4-2-5-16(25)12-14)6-3-7-19(20)31-21(13)23(30)26-17-10-8-15(24)9-11-17/h2,4-5,8-12H,3,6-7H2,1H3,(H,26,30)(H,28,29)/b27-18+. The zero-order valence-electron chi connectivity index (χ0n) is 16.7. The van der Waals surface area contributed by atoms with E-state index in [2.05, 4.69) is 15.8 Å². The maximum atomic E-state index is 12.8. The summed E-state index contributed by atoms with van der Waals surface area (Å²) in [5, 5.41) is 8.20. The monoisotopic (exact) mass is 455 g/mol. The summed E-state index contributed by atoms with van der Waals surface area (Å²) < 4.78 is 5.88. The van der Waals surface area contributed by atoms with Crippen LogP contribution < -0.4 is 10.7 Å². The third-order valence-corrected chi connectivity index (χ3v) is 5.50. The minimum absolute atomic E-state index is 0.232. The summed E-state index contributed by atoms with van der Waals surface area (Å²) in [6.45, 7) is 1.82. The van der Waals surface area contributed by atoms with Crippen LogP contribution in [0.25, 0.3) is 0 Å². The molecule has 1 aliphatic carbocycles. The smallest absolute Gasteiger partial charge is 0.291 e. The molecule has 0 saturated carbocycles. The minimum atomic E-state index is -0.357. The lowest BCUT2D eigenvalue weighted by atomic mass is 9.93. The third-order valence-electron chi connectivity index (χ3n) is 5.01. The lowest BCUT2D eigenvalue weighted by Crippen LogP contribution is -2.22. The van der Waals surface area contributed by atoms with E-state index < -0.39 is 0 Å². The summed E-state index contributed by atoms with van der Waals surface area (Å²) in [5.74, 6) is 0.219. The first-order valence-corrected chi connectivity index (χ1v) is 10.5. The molecule has 0 unspecified atom stereocenters. The van der Waals surface area contributed by atoms with Crippen LogP contribution in [0.15, 0.2) is 58.0 Å². The van der Waals surface area contributed by atoms with E-state index in [1.165, 1.54) is 0 Å². The molecule has 3 aromatic rings. The summed E-state index contributed by atoms with van der Waals surface area (Å²) in [4.78, 5) is 25.2.